The van der Waals surface area contributed by atoms with Crippen LogP contribution in [0.3, 0.4) is 0 Å². The molecule has 20 heavy (non-hydrogen) atoms. The average molecular weight is 278 g/mol. The van der Waals surface area contributed by atoms with Crippen molar-refractivity contribution in [3.8, 4) is 0 Å². The maximum Gasteiger partial charge on any atom is 0.357 e. The fourth-order valence-electron chi connectivity index (χ4n) is 1.54. The van der Waals surface area contributed by atoms with Gasteiger partial charge in [-0.25, -0.2) is 19.2 Å². The van der Waals surface area contributed by atoms with Gasteiger partial charge in [0.05, 0.1) is 0 Å². The van der Waals surface area contributed by atoms with Crippen LogP contribution in [-0.4, -0.2) is 23.9 Å². The number of cyclic esters (lactones) is 4. The molecule has 1 aromatic carbocycles. The van der Waals surface area contributed by atoms with E-state index in [2.05, 4.69) is 9.47 Å². The molecule has 0 amide bonds. The Bertz CT molecular complexity index is 543. The van der Waals surface area contributed by atoms with E-state index in [-0.39, 0.29) is 0 Å². The summed E-state index contributed by atoms with van der Waals surface area (Å²) in [5.74, 6) is -4.54. The average Bonchev–Trinajstić information content (AvgIpc) is 2.39. The van der Waals surface area contributed by atoms with Gasteiger partial charge in [-0.1, -0.05) is 12.1 Å². The van der Waals surface area contributed by atoms with Crippen molar-refractivity contribution in [1.82, 2.24) is 0 Å². The number of hydrogen-bond acceptors (Lipinski definition) is 8. The highest BCUT2D eigenvalue weighted by atomic mass is 16.7. The SMILES string of the molecule is NCc1ccc(N)cc1.O=C1OC(=O)C12C(=O)OC2=O. The molecule has 0 aromatic heterocycles. The lowest BCUT2D eigenvalue weighted by Crippen LogP contribution is -2.71. The third-order valence-electron chi connectivity index (χ3n) is 2.81. The van der Waals surface area contributed by atoms with E-state index in [1.54, 1.807) is 0 Å². The molecular weight excluding hydrogens is 268 g/mol. The summed E-state index contributed by atoms with van der Waals surface area (Å²) < 4.78 is 7.68. The van der Waals surface area contributed by atoms with Crippen LogP contribution >= 0.6 is 0 Å². The molecule has 2 fully saturated rings. The molecule has 0 atom stereocenters. The molecule has 1 aromatic rings. The molecule has 0 aliphatic carbocycles. The van der Waals surface area contributed by atoms with Crippen molar-refractivity contribution in [2.45, 2.75) is 6.54 Å². The number of carbonyl (C=O) groups excluding carboxylic acids is 4. The lowest BCUT2D eigenvalue weighted by Gasteiger charge is -2.36. The highest BCUT2D eigenvalue weighted by Gasteiger charge is 2.80. The second kappa shape index (κ2) is 4.74. The molecule has 8 nitrogen and oxygen atoms in total. The molecule has 2 aliphatic rings. The van der Waals surface area contributed by atoms with Crippen molar-refractivity contribution in [3.63, 3.8) is 0 Å². The van der Waals surface area contributed by atoms with Crippen LogP contribution in [-0.2, 0) is 35.2 Å². The first-order valence-electron chi connectivity index (χ1n) is 5.50. The number of benzene rings is 1. The number of nitrogen functional groups attached to an aromatic ring is 1. The third kappa shape index (κ3) is 1.82. The van der Waals surface area contributed by atoms with Gasteiger partial charge in [-0.3, -0.25) is 0 Å². The monoisotopic (exact) mass is 278 g/mol. The Balaban J connectivity index is 0.000000151. The zero-order valence-electron chi connectivity index (χ0n) is 10.1. The normalized spacial score (nSPS) is 18.2. The van der Waals surface area contributed by atoms with Crippen LogP contribution in [0.4, 0.5) is 5.69 Å². The number of anilines is 1. The molecule has 0 radical (unpaired) electrons. The Morgan fingerprint density at radius 2 is 1.25 bits per heavy atom. The molecule has 8 heteroatoms. The van der Waals surface area contributed by atoms with E-state index in [9.17, 15) is 19.2 Å². The second-order valence-electron chi connectivity index (χ2n) is 4.05. The lowest BCUT2D eigenvalue weighted by atomic mass is 9.80. The summed E-state index contributed by atoms with van der Waals surface area (Å²) in [7, 11) is 0. The summed E-state index contributed by atoms with van der Waals surface area (Å²) in [5, 5.41) is 0. The van der Waals surface area contributed by atoms with Gasteiger partial charge in [-0.15, -0.1) is 0 Å². The zero-order chi connectivity index (χ0) is 14.9. The highest BCUT2D eigenvalue weighted by Crippen LogP contribution is 2.40. The van der Waals surface area contributed by atoms with Crippen molar-refractivity contribution in [3.05, 3.63) is 29.8 Å². The lowest BCUT2D eigenvalue weighted by molar-refractivity contribution is -0.223. The van der Waals surface area contributed by atoms with Crippen molar-refractivity contribution in [2.75, 3.05) is 5.73 Å². The number of carbonyl (C=O) groups is 4. The van der Waals surface area contributed by atoms with Gasteiger partial charge in [0, 0.05) is 12.2 Å². The summed E-state index contributed by atoms with van der Waals surface area (Å²) >= 11 is 0. The smallest absolute Gasteiger partial charge is 0.357 e. The van der Waals surface area contributed by atoms with E-state index in [0.717, 1.165) is 11.3 Å². The summed E-state index contributed by atoms with van der Waals surface area (Å²) in [5.41, 5.74) is 10.5. The first-order valence-corrected chi connectivity index (χ1v) is 5.50. The van der Waals surface area contributed by atoms with Gasteiger partial charge in [0.25, 0.3) is 0 Å². The van der Waals surface area contributed by atoms with Gasteiger partial charge in [-0.05, 0) is 17.7 Å². The summed E-state index contributed by atoms with van der Waals surface area (Å²) in [6, 6.07) is 7.55. The summed E-state index contributed by atoms with van der Waals surface area (Å²) in [6.07, 6.45) is 0. The van der Waals surface area contributed by atoms with E-state index in [1.165, 1.54) is 0 Å². The number of nitrogens with two attached hydrogens (primary N) is 2. The van der Waals surface area contributed by atoms with Gasteiger partial charge in [0.1, 0.15) is 0 Å². The van der Waals surface area contributed by atoms with Crippen LogP contribution in [0.15, 0.2) is 24.3 Å². The number of esters is 4. The topological polar surface area (TPSA) is 139 Å². The molecule has 0 saturated carbocycles. The van der Waals surface area contributed by atoms with Crippen LogP contribution in [0.25, 0.3) is 0 Å². The van der Waals surface area contributed by atoms with E-state index < -0.39 is 29.3 Å². The number of ether oxygens (including phenoxy) is 2. The molecule has 0 unspecified atom stereocenters. The minimum Gasteiger partial charge on any atom is -0.399 e. The molecule has 3 rings (SSSR count). The van der Waals surface area contributed by atoms with Gasteiger partial charge in [0.2, 0.25) is 0 Å². The molecule has 2 heterocycles. The van der Waals surface area contributed by atoms with Crippen LogP contribution in [0, 0.1) is 5.41 Å². The van der Waals surface area contributed by atoms with Crippen molar-refractivity contribution >= 4 is 29.6 Å². The molecule has 104 valence electrons. The largest absolute Gasteiger partial charge is 0.399 e. The van der Waals surface area contributed by atoms with E-state index in [1.807, 2.05) is 24.3 Å². The van der Waals surface area contributed by atoms with Gasteiger partial charge >= 0.3 is 29.3 Å². The van der Waals surface area contributed by atoms with E-state index in [4.69, 9.17) is 11.5 Å². The molecule has 2 saturated heterocycles. The van der Waals surface area contributed by atoms with Crippen molar-refractivity contribution in [2.24, 2.45) is 11.1 Å². The molecule has 1 spiro atoms. The Morgan fingerprint density at radius 3 is 1.50 bits per heavy atom. The first-order chi connectivity index (χ1) is 9.42. The molecule has 4 N–H and O–H groups in total. The van der Waals surface area contributed by atoms with Gasteiger partial charge < -0.3 is 20.9 Å². The van der Waals surface area contributed by atoms with Crippen molar-refractivity contribution < 1.29 is 28.7 Å². The Labute approximate surface area is 112 Å². The maximum atomic E-state index is 10.5. The molecule has 0 bridgehead atoms. The van der Waals surface area contributed by atoms with Crippen LogP contribution < -0.4 is 11.5 Å². The first kappa shape index (κ1) is 13.7. The zero-order valence-corrected chi connectivity index (χ0v) is 10.1. The molecule has 2 aliphatic heterocycles. The minimum atomic E-state index is -2.22. The number of hydrogen-bond donors (Lipinski definition) is 2. The third-order valence-corrected chi connectivity index (χ3v) is 2.81. The van der Waals surface area contributed by atoms with Crippen LogP contribution in [0.1, 0.15) is 5.56 Å². The molecular formula is C12H10N2O6. The van der Waals surface area contributed by atoms with E-state index >= 15 is 0 Å². The summed E-state index contributed by atoms with van der Waals surface area (Å²) in [6.45, 7) is 0.584. The second-order valence-corrected chi connectivity index (χ2v) is 4.05. The highest BCUT2D eigenvalue weighted by molar-refractivity contribution is 6.46. The fourth-order valence-corrected chi connectivity index (χ4v) is 1.54. The minimum absolute atomic E-state index is 0.584. The Kier molecular flexibility index (Phi) is 3.24. The Morgan fingerprint density at radius 1 is 0.850 bits per heavy atom. The van der Waals surface area contributed by atoms with Crippen LogP contribution in [0.5, 0.6) is 0 Å². The standard InChI is InChI=1S/C7H10N2.C5O6/c8-5-6-1-3-7(9)4-2-6;6-1-5(2(7)10-1)3(8)11-4(5)9/h1-4H,5,8-9H2;. The predicted octanol–water partition coefficient (Wildman–Crippen LogP) is -1.13. The predicted molar refractivity (Wildman–Crippen MR) is 63.4 cm³/mol. The quantitative estimate of drug-likeness (QED) is 0.373. The van der Waals surface area contributed by atoms with Gasteiger partial charge in [-0.2, -0.15) is 0 Å². The van der Waals surface area contributed by atoms with E-state index in [0.29, 0.717) is 6.54 Å². The summed E-state index contributed by atoms with van der Waals surface area (Å²) in [4.78, 5) is 42.0. The fraction of sp³-hybridized carbons (Fsp3) is 0.167. The van der Waals surface area contributed by atoms with Gasteiger partial charge in [0.15, 0.2) is 0 Å². The maximum absolute atomic E-state index is 10.5. The number of rotatable bonds is 1. The van der Waals surface area contributed by atoms with Crippen LogP contribution in [0.2, 0.25) is 0 Å². The van der Waals surface area contributed by atoms with Crippen molar-refractivity contribution in [1.29, 1.82) is 0 Å². The Hall–Kier alpha value is -2.74.